The summed E-state index contributed by atoms with van der Waals surface area (Å²) >= 11 is 1.16. The highest BCUT2D eigenvalue weighted by molar-refractivity contribution is 7.23. The van der Waals surface area contributed by atoms with Crippen molar-refractivity contribution in [2.45, 2.75) is 0 Å². The topological polar surface area (TPSA) is 99.5 Å². The lowest BCUT2D eigenvalue weighted by Crippen LogP contribution is -2.29. The van der Waals surface area contributed by atoms with Crippen molar-refractivity contribution in [2.75, 3.05) is 6.54 Å². The van der Waals surface area contributed by atoms with E-state index in [0.717, 1.165) is 11.3 Å². The quantitative estimate of drug-likeness (QED) is 0.426. The largest absolute Gasteiger partial charge is 0.504 e. The zero-order valence-corrected chi connectivity index (χ0v) is 16.5. The molecular formula is C22H14F2N2O4S. The van der Waals surface area contributed by atoms with Crippen molar-refractivity contribution in [2.24, 2.45) is 0 Å². The van der Waals surface area contributed by atoms with E-state index in [0.29, 0.717) is 31.7 Å². The monoisotopic (exact) mass is 440 g/mol. The number of nitrogens with one attached hydrogen (secondary N) is 1. The van der Waals surface area contributed by atoms with Gasteiger partial charge in [0.15, 0.2) is 11.4 Å². The van der Waals surface area contributed by atoms with Crippen molar-refractivity contribution >= 4 is 33.3 Å². The molecule has 0 aliphatic carbocycles. The molecule has 3 N–H and O–H groups in total. The number of aromatic hydroxyl groups is 1. The lowest BCUT2D eigenvalue weighted by atomic mass is 9.99. The van der Waals surface area contributed by atoms with Gasteiger partial charge in [-0.1, -0.05) is 24.3 Å². The third-order valence-corrected chi connectivity index (χ3v) is 5.82. The van der Waals surface area contributed by atoms with Crippen molar-refractivity contribution in [1.82, 2.24) is 10.3 Å². The van der Waals surface area contributed by atoms with Crippen molar-refractivity contribution in [3.63, 3.8) is 0 Å². The van der Waals surface area contributed by atoms with Gasteiger partial charge in [0.1, 0.15) is 18.2 Å². The number of pyridine rings is 1. The number of carbonyl (C=O) groups is 2. The summed E-state index contributed by atoms with van der Waals surface area (Å²) in [4.78, 5) is 27.6. The number of aliphatic carboxylic acids is 1. The van der Waals surface area contributed by atoms with Gasteiger partial charge < -0.3 is 15.5 Å². The van der Waals surface area contributed by atoms with E-state index < -0.39 is 35.8 Å². The zero-order valence-electron chi connectivity index (χ0n) is 15.7. The smallest absolute Gasteiger partial charge is 0.322 e. The molecule has 4 rings (SSSR count). The second-order valence-electron chi connectivity index (χ2n) is 6.59. The van der Waals surface area contributed by atoms with Crippen LogP contribution in [0.1, 0.15) is 10.5 Å². The standard InChI is InChI=1S/C22H14F2N2O4S/c23-13-5-1-11(2-6-13)17-15-9-25-18(22(30)26-10-16(27)28)19(29)21(15)31-20(17)12-3-7-14(24)8-4-12/h1-9,29H,10H2,(H,26,30)(H,27,28). The van der Waals surface area contributed by atoms with Crippen LogP contribution in [0.3, 0.4) is 0 Å². The lowest BCUT2D eigenvalue weighted by molar-refractivity contribution is -0.135. The molecule has 0 bridgehead atoms. The summed E-state index contributed by atoms with van der Waals surface area (Å²) in [6, 6.07) is 11.5. The third-order valence-electron chi connectivity index (χ3n) is 4.56. The number of halogens is 2. The van der Waals surface area contributed by atoms with E-state index in [4.69, 9.17) is 5.11 Å². The molecule has 0 atom stereocenters. The van der Waals surface area contributed by atoms with Crippen LogP contribution in [-0.4, -0.2) is 33.6 Å². The molecule has 2 aromatic heterocycles. The fraction of sp³-hybridized carbons (Fsp3) is 0.0455. The molecule has 0 aliphatic heterocycles. The highest BCUT2D eigenvalue weighted by atomic mass is 32.1. The van der Waals surface area contributed by atoms with Gasteiger partial charge in [-0.2, -0.15) is 0 Å². The molecule has 6 nitrogen and oxygen atoms in total. The molecule has 9 heteroatoms. The second kappa shape index (κ2) is 8.11. The Kier molecular flexibility index (Phi) is 5.35. The molecule has 31 heavy (non-hydrogen) atoms. The van der Waals surface area contributed by atoms with E-state index in [1.165, 1.54) is 30.5 Å². The summed E-state index contributed by atoms with van der Waals surface area (Å²) < 4.78 is 27.2. The molecular weight excluding hydrogens is 426 g/mol. The number of fused-ring (bicyclic) bond motifs is 1. The van der Waals surface area contributed by atoms with Gasteiger partial charge >= 0.3 is 5.97 Å². The molecule has 4 aromatic rings. The number of nitrogens with zero attached hydrogens (tertiary/aromatic N) is 1. The minimum Gasteiger partial charge on any atom is -0.504 e. The molecule has 0 fully saturated rings. The van der Waals surface area contributed by atoms with Gasteiger partial charge in [0, 0.05) is 22.0 Å². The fourth-order valence-corrected chi connectivity index (χ4v) is 4.40. The number of thiophene rings is 1. The van der Waals surface area contributed by atoms with E-state index in [1.54, 1.807) is 24.3 Å². The molecule has 0 aliphatic rings. The number of carbonyl (C=O) groups excluding carboxylic acids is 1. The average molecular weight is 440 g/mol. The lowest BCUT2D eigenvalue weighted by Gasteiger charge is -2.07. The summed E-state index contributed by atoms with van der Waals surface area (Å²) in [5, 5.41) is 22.1. The second-order valence-corrected chi connectivity index (χ2v) is 7.62. The molecule has 0 saturated heterocycles. The maximum absolute atomic E-state index is 13.5. The molecule has 1 amide bonds. The maximum Gasteiger partial charge on any atom is 0.322 e. The number of hydrogen-bond donors (Lipinski definition) is 3. The van der Waals surface area contributed by atoms with Crippen LogP contribution in [0.15, 0.2) is 54.7 Å². The molecule has 156 valence electrons. The van der Waals surface area contributed by atoms with Crippen LogP contribution < -0.4 is 5.32 Å². The van der Waals surface area contributed by atoms with Gasteiger partial charge in [0.25, 0.3) is 5.91 Å². The normalized spacial score (nSPS) is 10.9. The first kappa shape index (κ1) is 20.4. The minimum absolute atomic E-state index is 0.314. The summed E-state index contributed by atoms with van der Waals surface area (Å²) in [7, 11) is 0. The predicted molar refractivity (Wildman–Crippen MR) is 112 cm³/mol. The predicted octanol–water partition coefficient (Wildman–Crippen LogP) is 4.43. The van der Waals surface area contributed by atoms with Crippen LogP contribution in [-0.2, 0) is 4.79 Å². The van der Waals surface area contributed by atoms with Crippen molar-refractivity contribution in [3.8, 4) is 27.3 Å². The maximum atomic E-state index is 13.5. The third kappa shape index (κ3) is 3.95. The van der Waals surface area contributed by atoms with Gasteiger partial charge in [-0.15, -0.1) is 11.3 Å². The van der Waals surface area contributed by atoms with Crippen LogP contribution in [0.25, 0.3) is 31.7 Å². The number of aromatic nitrogens is 1. The molecule has 2 heterocycles. The summed E-state index contributed by atoms with van der Waals surface area (Å²) in [5.74, 6) is -3.29. The SMILES string of the molecule is O=C(O)CNC(=O)c1ncc2c(-c3ccc(F)cc3)c(-c3ccc(F)cc3)sc2c1O. The first-order chi connectivity index (χ1) is 14.8. The van der Waals surface area contributed by atoms with E-state index in [2.05, 4.69) is 10.3 Å². The van der Waals surface area contributed by atoms with Crippen LogP contribution in [0.5, 0.6) is 5.75 Å². The Bertz CT molecular complexity index is 1300. The van der Waals surface area contributed by atoms with E-state index >= 15 is 0 Å². The first-order valence-electron chi connectivity index (χ1n) is 9.01. The number of carboxylic acids is 1. The van der Waals surface area contributed by atoms with Crippen molar-refractivity contribution < 1.29 is 28.6 Å². The van der Waals surface area contributed by atoms with Gasteiger partial charge in [-0.25, -0.2) is 13.8 Å². The van der Waals surface area contributed by atoms with Crippen LogP contribution in [0.4, 0.5) is 8.78 Å². The fourth-order valence-electron chi connectivity index (χ4n) is 3.15. The Hall–Kier alpha value is -3.85. The molecule has 0 unspecified atom stereocenters. The van der Waals surface area contributed by atoms with Crippen molar-refractivity contribution in [1.29, 1.82) is 0 Å². The average Bonchev–Trinajstić information content (AvgIpc) is 3.14. The van der Waals surface area contributed by atoms with Crippen LogP contribution in [0.2, 0.25) is 0 Å². The molecule has 0 saturated carbocycles. The van der Waals surface area contributed by atoms with E-state index in [9.17, 15) is 23.5 Å². The molecule has 2 aromatic carbocycles. The van der Waals surface area contributed by atoms with E-state index in [-0.39, 0.29) is 5.69 Å². The number of hydrogen-bond acceptors (Lipinski definition) is 5. The number of carboxylic acid groups (broad SMARTS) is 1. The highest BCUT2D eigenvalue weighted by Crippen LogP contribution is 2.47. The van der Waals surface area contributed by atoms with Crippen LogP contribution >= 0.6 is 11.3 Å². The van der Waals surface area contributed by atoms with E-state index in [1.807, 2.05) is 0 Å². The Morgan fingerprint density at radius 3 is 2.13 bits per heavy atom. The zero-order chi connectivity index (χ0) is 22.1. The van der Waals surface area contributed by atoms with Crippen molar-refractivity contribution in [3.05, 3.63) is 72.1 Å². The van der Waals surface area contributed by atoms with Gasteiger partial charge in [-0.05, 0) is 35.4 Å². The Morgan fingerprint density at radius 1 is 0.968 bits per heavy atom. The minimum atomic E-state index is -1.23. The number of benzene rings is 2. The van der Waals surface area contributed by atoms with Gasteiger partial charge in [0.2, 0.25) is 0 Å². The summed E-state index contributed by atoms with van der Waals surface area (Å²) in [6.45, 7) is -0.621. The summed E-state index contributed by atoms with van der Waals surface area (Å²) in [5.41, 5.74) is 1.65. The van der Waals surface area contributed by atoms with Gasteiger partial charge in [-0.3, -0.25) is 9.59 Å². The Morgan fingerprint density at radius 2 is 1.55 bits per heavy atom. The van der Waals surface area contributed by atoms with Gasteiger partial charge in [0.05, 0.1) is 4.70 Å². The first-order valence-corrected chi connectivity index (χ1v) is 9.83. The summed E-state index contributed by atoms with van der Waals surface area (Å²) in [6.07, 6.45) is 1.40. The highest BCUT2D eigenvalue weighted by Gasteiger charge is 2.23. The number of amides is 1. The Balaban J connectivity index is 1.92. The molecule has 0 spiro atoms. The molecule has 0 radical (unpaired) electrons. The number of rotatable bonds is 5. The Labute approximate surface area is 178 Å². The van der Waals surface area contributed by atoms with Crippen LogP contribution in [0, 0.1) is 11.6 Å².